The van der Waals surface area contributed by atoms with Gasteiger partial charge in [0.15, 0.2) is 5.13 Å². The molecular formula is C30H27ClN4O3S. The predicted molar refractivity (Wildman–Crippen MR) is 154 cm³/mol. The summed E-state index contributed by atoms with van der Waals surface area (Å²) < 4.78 is 0.417. The molecule has 1 heterocycles. The molecule has 3 aromatic carbocycles. The highest BCUT2D eigenvalue weighted by atomic mass is 35.5. The van der Waals surface area contributed by atoms with Crippen molar-refractivity contribution in [2.24, 2.45) is 0 Å². The molecule has 0 radical (unpaired) electrons. The van der Waals surface area contributed by atoms with E-state index < -0.39 is 5.97 Å². The second-order valence-corrected chi connectivity index (χ2v) is 10.5. The van der Waals surface area contributed by atoms with Gasteiger partial charge in [0.2, 0.25) is 0 Å². The van der Waals surface area contributed by atoms with Crippen LogP contribution in [0.1, 0.15) is 41.9 Å². The molecule has 0 saturated carbocycles. The third-order valence-corrected chi connectivity index (χ3v) is 7.45. The standard InChI is InChI=1S/C30H27ClN4O3S/c31-28-27(24-15-13-21(20-32)14-16-24)33-29(39-28)34-30(38)35(18-7-12-26(36)37)19-17-25(22-8-3-1-4-9-22)23-10-5-2-6-11-23/h1-6,8-11,13-16,25H,7,12,17-19H2,(H,36,37)(H,33,34,38). The number of nitrogens with zero attached hydrogens (tertiary/aromatic N) is 3. The molecule has 9 heteroatoms. The first-order chi connectivity index (χ1) is 18.9. The molecule has 0 spiro atoms. The summed E-state index contributed by atoms with van der Waals surface area (Å²) in [7, 11) is 0. The Kier molecular flexibility index (Phi) is 9.68. The monoisotopic (exact) mass is 558 g/mol. The SMILES string of the molecule is N#Cc1ccc(-c2nc(NC(=O)N(CCCC(=O)O)CCC(c3ccccc3)c3ccccc3)sc2Cl)cc1. The van der Waals surface area contributed by atoms with Crippen LogP contribution >= 0.6 is 22.9 Å². The average Bonchev–Trinajstić information content (AvgIpc) is 3.32. The number of carboxylic acid groups (broad SMARTS) is 1. The summed E-state index contributed by atoms with van der Waals surface area (Å²) in [6.45, 7) is 0.706. The maximum absolute atomic E-state index is 13.4. The number of anilines is 1. The zero-order chi connectivity index (χ0) is 27.6. The fourth-order valence-electron chi connectivity index (χ4n) is 4.32. The van der Waals surface area contributed by atoms with Gasteiger partial charge in [0, 0.05) is 31.0 Å². The minimum Gasteiger partial charge on any atom is -0.481 e. The first-order valence-electron chi connectivity index (χ1n) is 12.5. The number of carbonyl (C=O) groups excluding carboxylic acids is 1. The van der Waals surface area contributed by atoms with Gasteiger partial charge in [-0.15, -0.1) is 0 Å². The van der Waals surface area contributed by atoms with Crippen LogP contribution in [-0.2, 0) is 4.79 Å². The minimum atomic E-state index is -0.902. The number of carbonyl (C=O) groups is 2. The first kappa shape index (κ1) is 27.8. The molecule has 0 aliphatic heterocycles. The summed E-state index contributed by atoms with van der Waals surface area (Å²) in [6.07, 6.45) is 0.958. The number of benzene rings is 3. The molecule has 4 rings (SSSR count). The van der Waals surface area contributed by atoms with Crippen LogP contribution in [0.4, 0.5) is 9.93 Å². The van der Waals surface area contributed by atoms with Crippen molar-refractivity contribution in [1.29, 1.82) is 5.26 Å². The summed E-state index contributed by atoms with van der Waals surface area (Å²) >= 11 is 7.58. The van der Waals surface area contributed by atoms with Gasteiger partial charge in [0.1, 0.15) is 10.0 Å². The molecular weight excluding hydrogens is 532 g/mol. The first-order valence-corrected chi connectivity index (χ1v) is 13.7. The fourth-order valence-corrected chi connectivity index (χ4v) is 5.40. The van der Waals surface area contributed by atoms with Crippen LogP contribution in [0.3, 0.4) is 0 Å². The van der Waals surface area contributed by atoms with Crippen LogP contribution in [0.5, 0.6) is 0 Å². The third-order valence-electron chi connectivity index (χ3n) is 6.28. The van der Waals surface area contributed by atoms with E-state index in [4.69, 9.17) is 22.0 Å². The van der Waals surface area contributed by atoms with E-state index in [9.17, 15) is 9.59 Å². The van der Waals surface area contributed by atoms with E-state index in [2.05, 4.69) is 40.6 Å². The number of hydrogen-bond acceptors (Lipinski definition) is 5. The van der Waals surface area contributed by atoms with E-state index in [-0.39, 0.29) is 24.9 Å². The number of carboxylic acids is 1. The second-order valence-electron chi connectivity index (χ2n) is 8.91. The number of rotatable bonds is 11. The van der Waals surface area contributed by atoms with Crippen molar-refractivity contribution in [3.63, 3.8) is 0 Å². The molecule has 39 heavy (non-hydrogen) atoms. The van der Waals surface area contributed by atoms with E-state index >= 15 is 0 Å². The molecule has 0 atom stereocenters. The Labute approximate surface area is 236 Å². The number of hydrogen-bond donors (Lipinski definition) is 2. The van der Waals surface area contributed by atoms with Gasteiger partial charge in [0.05, 0.1) is 11.6 Å². The quantitative estimate of drug-likeness (QED) is 0.201. The lowest BCUT2D eigenvalue weighted by Gasteiger charge is -2.26. The molecule has 0 saturated heterocycles. The number of nitriles is 1. The van der Waals surface area contributed by atoms with Gasteiger partial charge >= 0.3 is 12.0 Å². The summed E-state index contributed by atoms with van der Waals surface area (Å²) in [4.78, 5) is 30.6. The van der Waals surface area contributed by atoms with Gasteiger partial charge in [-0.2, -0.15) is 5.26 Å². The van der Waals surface area contributed by atoms with Crippen molar-refractivity contribution < 1.29 is 14.7 Å². The fraction of sp³-hybridized carbons (Fsp3) is 0.200. The van der Waals surface area contributed by atoms with Crippen LogP contribution < -0.4 is 5.32 Å². The molecule has 0 bridgehead atoms. The van der Waals surface area contributed by atoms with Gasteiger partial charge in [0.25, 0.3) is 0 Å². The number of halogens is 1. The number of aromatic nitrogens is 1. The van der Waals surface area contributed by atoms with Gasteiger partial charge in [-0.05, 0) is 36.1 Å². The molecule has 2 amide bonds. The Morgan fingerprint density at radius 2 is 1.59 bits per heavy atom. The number of amides is 2. The van der Waals surface area contributed by atoms with Gasteiger partial charge in [-0.25, -0.2) is 9.78 Å². The molecule has 0 unspecified atom stereocenters. The summed E-state index contributed by atoms with van der Waals surface area (Å²) in [5.41, 5.74) is 4.08. The van der Waals surface area contributed by atoms with E-state index in [0.717, 1.165) is 28.0 Å². The third kappa shape index (κ3) is 7.66. The molecule has 7 nitrogen and oxygen atoms in total. The summed E-state index contributed by atoms with van der Waals surface area (Å²) in [6, 6.07) is 28.9. The van der Waals surface area contributed by atoms with Gasteiger partial charge in [-0.3, -0.25) is 10.1 Å². The number of nitrogens with one attached hydrogen (secondary N) is 1. The maximum atomic E-state index is 13.4. The van der Waals surface area contributed by atoms with Crippen LogP contribution in [0.15, 0.2) is 84.9 Å². The molecule has 1 aromatic heterocycles. The van der Waals surface area contributed by atoms with Gasteiger partial charge < -0.3 is 10.0 Å². The van der Waals surface area contributed by atoms with E-state index in [1.165, 1.54) is 0 Å². The molecule has 0 fully saturated rings. The molecule has 2 N–H and O–H groups in total. The van der Waals surface area contributed by atoms with Gasteiger partial charge in [-0.1, -0.05) is 95.7 Å². The van der Waals surface area contributed by atoms with Crippen molar-refractivity contribution >= 4 is 40.1 Å². The van der Waals surface area contributed by atoms with E-state index in [1.54, 1.807) is 29.2 Å². The number of urea groups is 1. The Hall–Kier alpha value is -4.19. The predicted octanol–water partition coefficient (Wildman–Crippen LogP) is 7.26. The van der Waals surface area contributed by atoms with E-state index in [0.29, 0.717) is 40.1 Å². The van der Waals surface area contributed by atoms with Crippen molar-refractivity contribution in [2.45, 2.75) is 25.2 Å². The lowest BCUT2D eigenvalue weighted by atomic mass is 9.88. The highest BCUT2D eigenvalue weighted by Gasteiger charge is 2.21. The zero-order valence-electron chi connectivity index (χ0n) is 21.1. The van der Waals surface area contributed by atoms with Crippen LogP contribution in [-0.4, -0.2) is 40.1 Å². The minimum absolute atomic E-state index is 0.0313. The molecule has 0 aliphatic carbocycles. The van der Waals surface area contributed by atoms with E-state index in [1.807, 2.05) is 36.4 Å². The van der Waals surface area contributed by atoms with Crippen molar-refractivity contribution in [1.82, 2.24) is 9.88 Å². The number of thiazole rings is 1. The molecule has 198 valence electrons. The zero-order valence-corrected chi connectivity index (χ0v) is 22.7. The Morgan fingerprint density at radius 1 is 0.974 bits per heavy atom. The van der Waals surface area contributed by atoms with Crippen molar-refractivity contribution in [2.75, 3.05) is 18.4 Å². The molecule has 4 aromatic rings. The normalized spacial score (nSPS) is 10.7. The van der Waals surface area contributed by atoms with Crippen molar-refractivity contribution in [3.8, 4) is 17.3 Å². The lowest BCUT2D eigenvalue weighted by molar-refractivity contribution is -0.137. The Bertz CT molecular complexity index is 1400. The van der Waals surface area contributed by atoms with Crippen molar-refractivity contribution in [3.05, 3.63) is 106 Å². The smallest absolute Gasteiger partial charge is 0.323 e. The number of aliphatic carboxylic acids is 1. The van der Waals surface area contributed by atoms with Crippen LogP contribution in [0.2, 0.25) is 4.34 Å². The Balaban J connectivity index is 1.51. The topological polar surface area (TPSA) is 106 Å². The Morgan fingerprint density at radius 3 is 2.15 bits per heavy atom. The molecule has 0 aliphatic rings. The lowest BCUT2D eigenvalue weighted by Crippen LogP contribution is -2.37. The maximum Gasteiger partial charge on any atom is 0.323 e. The van der Waals surface area contributed by atoms with Crippen LogP contribution in [0.25, 0.3) is 11.3 Å². The highest BCUT2D eigenvalue weighted by molar-refractivity contribution is 7.20. The second kappa shape index (κ2) is 13.6. The average molecular weight is 559 g/mol. The summed E-state index contributed by atoms with van der Waals surface area (Å²) in [5.74, 6) is -0.833. The summed E-state index contributed by atoms with van der Waals surface area (Å²) in [5, 5.41) is 21.4. The van der Waals surface area contributed by atoms with Crippen LogP contribution in [0, 0.1) is 11.3 Å². The largest absolute Gasteiger partial charge is 0.481 e. The highest BCUT2D eigenvalue weighted by Crippen LogP contribution is 2.35.